The van der Waals surface area contributed by atoms with Crippen LogP contribution in [-0.4, -0.2) is 40.7 Å². The minimum absolute atomic E-state index is 0.154. The van der Waals surface area contributed by atoms with E-state index in [0.717, 1.165) is 11.3 Å². The van der Waals surface area contributed by atoms with Crippen molar-refractivity contribution in [1.29, 1.82) is 0 Å². The second-order valence-corrected chi connectivity index (χ2v) is 7.49. The average molecular weight is 417 g/mol. The summed E-state index contributed by atoms with van der Waals surface area (Å²) in [7, 11) is 1.68. The molecule has 0 aliphatic carbocycles. The third-order valence-corrected chi connectivity index (χ3v) is 5.22. The van der Waals surface area contributed by atoms with Crippen molar-refractivity contribution in [2.75, 3.05) is 13.7 Å². The van der Waals surface area contributed by atoms with Gasteiger partial charge in [0.25, 0.3) is 5.91 Å². The Labute approximate surface area is 171 Å². The van der Waals surface area contributed by atoms with Crippen LogP contribution in [-0.2, 0) is 9.59 Å². The molecular formula is C20H17ClN2O4S. The minimum atomic E-state index is -1.08. The first-order chi connectivity index (χ1) is 13.3. The lowest BCUT2D eigenvalue weighted by Gasteiger charge is -2.07. The number of ether oxygens (including phenoxy) is 1. The molecule has 6 nitrogen and oxygen atoms in total. The zero-order valence-electron chi connectivity index (χ0n) is 15.2. The highest BCUT2D eigenvalue weighted by Gasteiger charge is 2.30. The van der Waals surface area contributed by atoms with Crippen molar-refractivity contribution in [2.45, 2.75) is 6.92 Å². The van der Waals surface area contributed by atoms with Gasteiger partial charge in [-0.05, 0) is 54.6 Å². The van der Waals surface area contributed by atoms with Gasteiger partial charge < -0.3 is 9.84 Å². The number of benzene rings is 2. The van der Waals surface area contributed by atoms with Gasteiger partial charge in [-0.25, -0.2) is 9.79 Å². The number of hydrogen-bond acceptors (Lipinski definition) is 5. The Morgan fingerprint density at radius 1 is 1.29 bits per heavy atom. The molecule has 0 spiro atoms. The van der Waals surface area contributed by atoms with Crippen molar-refractivity contribution >= 4 is 52.2 Å². The fourth-order valence-corrected chi connectivity index (χ4v) is 3.63. The van der Waals surface area contributed by atoms with Gasteiger partial charge in [0.15, 0.2) is 11.8 Å². The Morgan fingerprint density at radius 2 is 2.00 bits per heavy atom. The molecule has 1 amide bonds. The lowest BCUT2D eigenvalue weighted by atomic mass is 10.2. The summed E-state index contributed by atoms with van der Waals surface area (Å²) in [6.45, 7) is 1.53. The molecule has 0 unspecified atom stereocenters. The third kappa shape index (κ3) is 4.74. The van der Waals surface area contributed by atoms with E-state index in [2.05, 4.69) is 4.99 Å². The number of aliphatic imine (C=N–C) groups is 1. The number of carbonyl (C=O) groups is 2. The largest absolute Gasteiger partial charge is 0.480 e. The van der Waals surface area contributed by atoms with Crippen molar-refractivity contribution in [3.8, 4) is 5.75 Å². The molecule has 1 saturated heterocycles. The fourth-order valence-electron chi connectivity index (χ4n) is 2.40. The second-order valence-electron chi connectivity index (χ2n) is 6.08. The summed E-state index contributed by atoms with van der Waals surface area (Å²) in [6.07, 6.45) is 1.72. The van der Waals surface area contributed by atoms with Crippen molar-refractivity contribution in [1.82, 2.24) is 4.90 Å². The standard InChI is InChI=1S/C20H17ClN2O4S/c1-12-3-6-14(7-4-12)22-20-23(2)19(26)17(28-20)10-13-5-8-16(15(21)9-13)27-11-18(24)25/h3-10H,11H2,1-2H3,(H,24,25)/b17-10-,22-20?. The zero-order valence-corrected chi connectivity index (χ0v) is 16.8. The highest BCUT2D eigenvalue weighted by atomic mass is 35.5. The van der Waals surface area contributed by atoms with Crippen LogP contribution < -0.4 is 4.74 Å². The van der Waals surface area contributed by atoms with E-state index < -0.39 is 12.6 Å². The van der Waals surface area contributed by atoms with E-state index in [-0.39, 0.29) is 16.7 Å². The predicted molar refractivity (Wildman–Crippen MR) is 111 cm³/mol. The first-order valence-corrected chi connectivity index (χ1v) is 9.50. The fraction of sp³-hybridized carbons (Fsp3) is 0.150. The summed E-state index contributed by atoms with van der Waals surface area (Å²) in [4.78, 5) is 29.7. The minimum Gasteiger partial charge on any atom is -0.480 e. The van der Waals surface area contributed by atoms with Crippen LogP contribution in [0.25, 0.3) is 6.08 Å². The number of carboxylic acids is 1. The number of halogens is 1. The van der Waals surface area contributed by atoms with Crippen molar-refractivity contribution < 1.29 is 19.4 Å². The lowest BCUT2D eigenvalue weighted by Crippen LogP contribution is -2.23. The van der Waals surface area contributed by atoms with Crippen LogP contribution in [0.4, 0.5) is 5.69 Å². The van der Waals surface area contributed by atoms with Gasteiger partial charge in [-0.1, -0.05) is 35.4 Å². The van der Waals surface area contributed by atoms with Crippen LogP contribution >= 0.6 is 23.4 Å². The predicted octanol–water partition coefficient (Wildman–Crippen LogP) is 4.35. The smallest absolute Gasteiger partial charge is 0.341 e. The zero-order chi connectivity index (χ0) is 20.3. The summed E-state index contributed by atoms with van der Waals surface area (Å²) >= 11 is 7.42. The van der Waals surface area contributed by atoms with Gasteiger partial charge in [-0.15, -0.1) is 0 Å². The third-order valence-electron chi connectivity index (χ3n) is 3.87. The number of amides is 1. The molecule has 144 valence electrons. The quantitative estimate of drug-likeness (QED) is 0.733. The van der Waals surface area contributed by atoms with Crippen molar-refractivity contribution in [2.24, 2.45) is 4.99 Å². The van der Waals surface area contributed by atoms with Gasteiger partial charge in [0.2, 0.25) is 0 Å². The Morgan fingerprint density at radius 3 is 2.64 bits per heavy atom. The summed E-state index contributed by atoms with van der Waals surface area (Å²) in [5.41, 5.74) is 2.62. The molecule has 1 aliphatic heterocycles. The van der Waals surface area contributed by atoms with E-state index in [0.29, 0.717) is 15.6 Å². The first kappa shape index (κ1) is 20.0. The van der Waals surface area contributed by atoms with Gasteiger partial charge in [-0.2, -0.15) is 0 Å². The molecule has 0 atom stereocenters. The maximum atomic E-state index is 12.5. The molecular weight excluding hydrogens is 400 g/mol. The number of thioether (sulfide) groups is 1. The monoisotopic (exact) mass is 416 g/mol. The molecule has 0 bridgehead atoms. The molecule has 0 saturated carbocycles. The molecule has 0 aromatic heterocycles. The normalized spacial score (nSPS) is 16.8. The number of amidine groups is 1. The molecule has 2 aromatic rings. The van der Waals surface area contributed by atoms with E-state index >= 15 is 0 Å². The van der Waals surface area contributed by atoms with Gasteiger partial charge >= 0.3 is 5.97 Å². The maximum absolute atomic E-state index is 12.5. The van der Waals surface area contributed by atoms with Crippen molar-refractivity contribution in [3.05, 3.63) is 63.5 Å². The van der Waals surface area contributed by atoms with E-state index in [1.165, 1.54) is 16.7 Å². The van der Waals surface area contributed by atoms with E-state index in [4.69, 9.17) is 21.4 Å². The molecule has 0 radical (unpaired) electrons. The van der Waals surface area contributed by atoms with Gasteiger partial charge in [-0.3, -0.25) is 9.69 Å². The molecule has 1 N–H and O–H groups in total. The number of hydrogen-bond donors (Lipinski definition) is 1. The number of likely N-dealkylation sites (N-methyl/N-ethyl adjacent to an activating group) is 1. The van der Waals surface area contributed by atoms with Gasteiger partial charge in [0, 0.05) is 7.05 Å². The van der Waals surface area contributed by atoms with Crippen molar-refractivity contribution in [3.63, 3.8) is 0 Å². The Hall–Kier alpha value is -2.77. The molecule has 1 aliphatic rings. The number of nitrogens with zero attached hydrogens (tertiary/aromatic N) is 2. The maximum Gasteiger partial charge on any atom is 0.341 e. The van der Waals surface area contributed by atoms with Crippen LogP contribution in [0, 0.1) is 6.92 Å². The van der Waals surface area contributed by atoms with Gasteiger partial charge in [0.1, 0.15) is 5.75 Å². The SMILES string of the molecule is Cc1ccc(N=C2S/C(=C\c3ccc(OCC(=O)O)c(Cl)c3)C(=O)N2C)cc1. The molecule has 28 heavy (non-hydrogen) atoms. The van der Waals surface area contributed by atoms with Crippen LogP contribution in [0.5, 0.6) is 5.75 Å². The summed E-state index contributed by atoms with van der Waals surface area (Å²) in [6, 6.07) is 12.6. The van der Waals surface area contributed by atoms with Gasteiger partial charge in [0.05, 0.1) is 15.6 Å². The Bertz CT molecular complexity index is 986. The highest BCUT2D eigenvalue weighted by Crippen LogP contribution is 2.34. The number of carboxylic acid groups (broad SMARTS) is 1. The molecule has 1 fully saturated rings. The van der Waals surface area contributed by atoms with Crippen LogP contribution in [0.3, 0.4) is 0 Å². The number of rotatable bonds is 5. The topological polar surface area (TPSA) is 79.2 Å². The Kier molecular flexibility index (Phi) is 6.06. The van der Waals surface area contributed by atoms with Crippen LogP contribution in [0.15, 0.2) is 52.4 Å². The highest BCUT2D eigenvalue weighted by molar-refractivity contribution is 8.18. The average Bonchev–Trinajstić information content (AvgIpc) is 2.91. The van der Waals surface area contributed by atoms with Crippen LogP contribution in [0.2, 0.25) is 5.02 Å². The molecule has 1 heterocycles. The number of aryl methyl sites for hydroxylation is 1. The Balaban J connectivity index is 1.80. The summed E-state index contributed by atoms with van der Waals surface area (Å²) in [5, 5.41) is 9.54. The lowest BCUT2D eigenvalue weighted by molar-refractivity contribution is -0.139. The molecule has 3 rings (SSSR count). The first-order valence-electron chi connectivity index (χ1n) is 8.30. The van der Waals surface area contributed by atoms with E-state index in [1.54, 1.807) is 31.3 Å². The summed E-state index contributed by atoms with van der Waals surface area (Å²) in [5.74, 6) is -0.966. The van der Waals surface area contributed by atoms with E-state index in [9.17, 15) is 9.59 Å². The number of carbonyl (C=O) groups excluding carboxylic acids is 1. The molecule has 8 heteroatoms. The van der Waals surface area contributed by atoms with Crippen LogP contribution in [0.1, 0.15) is 11.1 Å². The van der Waals surface area contributed by atoms with E-state index in [1.807, 2.05) is 31.2 Å². The summed E-state index contributed by atoms with van der Waals surface area (Å²) < 4.78 is 5.10. The number of aliphatic carboxylic acids is 1. The molecule has 2 aromatic carbocycles. The second kappa shape index (κ2) is 8.50.